The quantitative estimate of drug-likeness (QED) is 0.473. The molecule has 0 N–H and O–H groups in total. The van der Waals surface area contributed by atoms with Crippen molar-refractivity contribution in [3.63, 3.8) is 0 Å². The summed E-state index contributed by atoms with van der Waals surface area (Å²) >= 11 is 1.76. The van der Waals surface area contributed by atoms with E-state index in [0.29, 0.717) is 24.8 Å². The van der Waals surface area contributed by atoms with Gasteiger partial charge in [0.2, 0.25) is 5.88 Å². The van der Waals surface area contributed by atoms with Crippen LogP contribution in [0.15, 0.2) is 53.0 Å². The number of thiophene rings is 1. The Balaban J connectivity index is 1.47. The van der Waals surface area contributed by atoms with Crippen LogP contribution in [0, 0.1) is 13.8 Å². The lowest BCUT2D eigenvalue weighted by Gasteiger charge is -2.26. The zero-order valence-corrected chi connectivity index (χ0v) is 18.8. The lowest BCUT2D eigenvalue weighted by Crippen LogP contribution is -2.38. The molecule has 0 spiro atoms. The molecular formula is C23H27N5O2S. The van der Waals surface area contributed by atoms with Crippen molar-refractivity contribution in [3.05, 3.63) is 58.0 Å². The average Bonchev–Trinajstić information content (AvgIpc) is 3.12. The van der Waals surface area contributed by atoms with E-state index in [1.54, 1.807) is 23.7 Å². The second kappa shape index (κ2) is 10.6. The summed E-state index contributed by atoms with van der Waals surface area (Å²) in [6.07, 6.45) is 3.55. The van der Waals surface area contributed by atoms with E-state index in [-0.39, 0.29) is 0 Å². The van der Waals surface area contributed by atoms with Crippen molar-refractivity contribution in [2.45, 2.75) is 20.4 Å². The van der Waals surface area contributed by atoms with Gasteiger partial charge in [0.05, 0.1) is 19.8 Å². The highest BCUT2D eigenvalue weighted by Gasteiger charge is 2.11. The first-order valence-corrected chi connectivity index (χ1v) is 11.3. The first-order chi connectivity index (χ1) is 15.2. The molecule has 1 aliphatic heterocycles. The van der Waals surface area contributed by atoms with E-state index in [1.165, 1.54) is 15.3 Å². The van der Waals surface area contributed by atoms with E-state index in [1.807, 2.05) is 24.3 Å². The Morgan fingerprint density at radius 1 is 1.10 bits per heavy atom. The van der Waals surface area contributed by atoms with Crippen molar-refractivity contribution >= 4 is 17.2 Å². The van der Waals surface area contributed by atoms with Gasteiger partial charge in [0, 0.05) is 47.8 Å². The van der Waals surface area contributed by atoms with E-state index < -0.39 is 0 Å². The van der Waals surface area contributed by atoms with Gasteiger partial charge in [-0.25, -0.2) is 0 Å². The number of hydrogen-bond donors (Lipinski definition) is 0. The lowest BCUT2D eigenvalue weighted by molar-refractivity contribution is 0.0320. The van der Waals surface area contributed by atoms with Gasteiger partial charge in [0.25, 0.3) is 0 Å². The summed E-state index contributed by atoms with van der Waals surface area (Å²) in [5, 5.41) is 8.76. The SMILES string of the molecule is Cc1cc(CN=Nc2cc(-c3ccncc3)cc(OCCN3CCOCC3)n2)sc1C. The molecule has 0 bridgehead atoms. The highest BCUT2D eigenvalue weighted by molar-refractivity contribution is 7.12. The minimum Gasteiger partial charge on any atom is -0.476 e. The Kier molecular flexibility index (Phi) is 7.35. The first-order valence-electron chi connectivity index (χ1n) is 10.5. The maximum absolute atomic E-state index is 5.99. The molecule has 0 amide bonds. The summed E-state index contributed by atoms with van der Waals surface area (Å²) in [5.41, 5.74) is 3.32. The predicted octanol–water partition coefficient (Wildman–Crippen LogP) is 4.82. The maximum atomic E-state index is 5.99. The highest BCUT2D eigenvalue weighted by atomic mass is 32.1. The highest BCUT2D eigenvalue weighted by Crippen LogP contribution is 2.28. The second-order valence-corrected chi connectivity index (χ2v) is 8.78. The van der Waals surface area contributed by atoms with E-state index in [4.69, 9.17) is 9.47 Å². The Morgan fingerprint density at radius 3 is 2.65 bits per heavy atom. The molecule has 0 aliphatic carbocycles. The van der Waals surface area contributed by atoms with Gasteiger partial charge in [-0.1, -0.05) is 0 Å². The van der Waals surface area contributed by atoms with Crippen molar-refractivity contribution < 1.29 is 9.47 Å². The van der Waals surface area contributed by atoms with E-state index in [0.717, 1.165) is 44.0 Å². The number of azo groups is 1. The summed E-state index contributed by atoms with van der Waals surface area (Å²) in [6, 6.07) is 9.97. The van der Waals surface area contributed by atoms with Crippen molar-refractivity contribution in [2.24, 2.45) is 10.2 Å². The zero-order valence-electron chi connectivity index (χ0n) is 18.0. The Labute approximate surface area is 186 Å². The first kappa shape index (κ1) is 21.5. The molecule has 31 heavy (non-hydrogen) atoms. The Hall–Kier alpha value is -2.68. The summed E-state index contributed by atoms with van der Waals surface area (Å²) in [4.78, 5) is 13.5. The van der Waals surface area contributed by atoms with Crippen LogP contribution >= 0.6 is 11.3 Å². The molecule has 0 saturated carbocycles. The number of aromatic nitrogens is 2. The van der Waals surface area contributed by atoms with Gasteiger partial charge >= 0.3 is 0 Å². The van der Waals surface area contributed by atoms with Gasteiger partial charge in [-0.15, -0.1) is 16.5 Å². The van der Waals surface area contributed by atoms with Gasteiger partial charge in [-0.3, -0.25) is 9.88 Å². The lowest BCUT2D eigenvalue weighted by atomic mass is 10.1. The molecule has 1 saturated heterocycles. The fourth-order valence-electron chi connectivity index (χ4n) is 3.34. The van der Waals surface area contributed by atoms with E-state index >= 15 is 0 Å². The van der Waals surface area contributed by atoms with Crippen LogP contribution in [0.5, 0.6) is 5.88 Å². The van der Waals surface area contributed by atoms with Crippen molar-refractivity contribution in [1.82, 2.24) is 14.9 Å². The van der Waals surface area contributed by atoms with Gasteiger partial charge in [-0.05, 0) is 54.8 Å². The molecule has 162 valence electrons. The summed E-state index contributed by atoms with van der Waals surface area (Å²) in [6.45, 7) is 9.65. The Morgan fingerprint density at radius 2 is 1.90 bits per heavy atom. The Bertz CT molecular complexity index is 997. The van der Waals surface area contributed by atoms with Crippen LogP contribution in [-0.2, 0) is 11.3 Å². The van der Waals surface area contributed by atoms with Gasteiger partial charge in [0.15, 0.2) is 5.82 Å². The molecular weight excluding hydrogens is 410 g/mol. The molecule has 0 unspecified atom stereocenters. The van der Waals surface area contributed by atoms with Gasteiger partial charge in [-0.2, -0.15) is 10.1 Å². The minimum atomic E-state index is 0.542. The predicted molar refractivity (Wildman–Crippen MR) is 122 cm³/mol. The third-order valence-corrected chi connectivity index (χ3v) is 6.32. The van der Waals surface area contributed by atoms with Crippen LogP contribution in [-0.4, -0.2) is 54.3 Å². The summed E-state index contributed by atoms with van der Waals surface area (Å²) < 4.78 is 11.4. The van der Waals surface area contributed by atoms with Crippen LogP contribution in [0.2, 0.25) is 0 Å². The van der Waals surface area contributed by atoms with Crippen molar-refractivity contribution in [2.75, 3.05) is 39.5 Å². The molecule has 1 aliphatic rings. The van der Waals surface area contributed by atoms with E-state index in [9.17, 15) is 0 Å². The zero-order chi connectivity index (χ0) is 21.5. The number of rotatable bonds is 8. The van der Waals surface area contributed by atoms with E-state index in [2.05, 4.69) is 45.0 Å². The number of pyridine rings is 2. The fraction of sp³-hybridized carbons (Fsp3) is 0.391. The standard InChI is InChI=1S/C23H27N5O2S/c1-17-13-21(31-18(17)2)16-25-27-22-14-20(19-3-5-24-6-4-19)15-23(26-22)30-12-9-28-7-10-29-11-8-28/h3-6,13-15H,7-12,16H2,1-2H3. The molecule has 7 nitrogen and oxygen atoms in total. The van der Waals surface area contributed by atoms with Crippen LogP contribution in [0.25, 0.3) is 11.1 Å². The molecule has 4 heterocycles. The molecule has 0 radical (unpaired) electrons. The smallest absolute Gasteiger partial charge is 0.215 e. The molecule has 3 aromatic rings. The van der Waals surface area contributed by atoms with Crippen molar-refractivity contribution in [3.8, 4) is 17.0 Å². The molecule has 3 aromatic heterocycles. The van der Waals surface area contributed by atoms with Crippen LogP contribution in [0.1, 0.15) is 15.3 Å². The van der Waals surface area contributed by atoms with Gasteiger partial charge < -0.3 is 9.47 Å². The number of nitrogens with zero attached hydrogens (tertiary/aromatic N) is 5. The monoisotopic (exact) mass is 437 g/mol. The molecule has 1 fully saturated rings. The number of hydrogen-bond acceptors (Lipinski definition) is 8. The maximum Gasteiger partial charge on any atom is 0.215 e. The van der Waals surface area contributed by atoms with Crippen LogP contribution in [0.4, 0.5) is 5.82 Å². The number of ether oxygens (including phenoxy) is 2. The third-order valence-electron chi connectivity index (χ3n) is 5.18. The number of morpholine rings is 1. The largest absolute Gasteiger partial charge is 0.476 e. The molecule has 0 atom stereocenters. The summed E-state index contributed by atoms with van der Waals surface area (Å²) in [7, 11) is 0. The second-order valence-electron chi connectivity index (χ2n) is 7.44. The summed E-state index contributed by atoms with van der Waals surface area (Å²) in [5.74, 6) is 1.10. The van der Waals surface area contributed by atoms with Crippen LogP contribution < -0.4 is 4.74 Å². The molecule has 0 aromatic carbocycles. The molecule has 8 heteroatoms. The fourth-order valence-corrected chi connectivity index (χ4v) is 4.31. The topological polar surface area (TPSA) is 72.2 Å². The van der Waals surface area contributed by atoms with Crippen LogP contribution in [0.3, 0.4) is 0 Å². The minimum absolute atomic E-state index is 0.542. The van der Waals surface area contributed by atoms with Gasteiger partial charge in [0.1, 0.15) is 6.61 Å². The third kappa shape index (κ3) is 6.16. The normalized spacial score (nSPS) is 14.9. The number of aryl methyl sites for hydroxylation is 2. The van der Waals surface area contributed by atoms with Crippen molar-refractivity contribution in [1.29, 1.82) is 0 Å². The molecule has 4 rings (SSSR count). The average molecular weight is 438 g/mol.